The molecule has 2 N–H and O–H groups in total. The summed E-state index contributed by atoms with van der Waals surface area (Å²) in [5, 5.41) is 19.3. The van der Waals surface area contributed by atoms with Crippen molar-refractivity contribution in [3.8, 4) is 0 Å². The number of hydrogen-bond donors (Lipinski definition) is 2. The van der Waals surface area contributed by atoms with Crippen molar-refractivity contribution in [2.24, 2.45) is 0 Å². The van der Waals surface area contributed by atoms with E-state index < -0.39 is 65.5 Å². The van der Waals surface area contributed by atoms with Gasteiger partial charge in [0.1, 0.15) is 0 Å². The molecule has 0 saturated carbocycles. The van der Waals surface area contributed by atoms with E-state index in [1.54, 1.807) is 0 Å². The molecule has 1 aliphatic rings. The molecule has 1 aliphatic heterocycles. The minimum atomic E-state index is -5.86. The van der Waals surface area contributed by atoms with Crippen LogP contribution in [0.25, 0.3) is 0 Å². The predicted octanol–water partition coefficient (Wildman–Crippen LogP) is -0.975. The van der Waals surface area contributed by atoms with Gasteiger partial charge in [0.05, 0.1) is 25.6 Å². The normalized spacial score (nSPS) is 32.1. The van der Waals surface area contributed by atoms with Gasteiger partial charge in [-0.1, -0.05) is 0 Å². The molecule has 0 amide bonds. The van der Waals surface area contributed by atoms with Crippen LogP contribution < -0.4 is 0 Å². The van der Waals surface area contributed by atoms with E-state index in [2.05, 4.69) is 0 Å². The maximum Gasteiger partial charge on any atom is 0.433 e. The summed E-state index contributed by atoms with van der Waals surface area (Å²) in [5.74, 6) is 0. The second-order valence-electron chi connectivity index (χ2n) is 5.17. The van der Waals surface area contributed by atoms with E-state index in [-0.39, 0.29) is 12.5 Å². The van der Waals surface area contributed by atoms with Crippen LogP contribution >= 0.6 is 0 Å². The Hall–Kier alpha value is -0.680. The molecule has 2 atom stereocenters. The summed E-state index contributed by atoms with van der Waals surface area (Å²) in [5.41, 5.74) is -9.00. The van der Waals surface area contributed by atoms with E-state index in [0.717, 1.165) is 0 Å². The van der Waals surface area contributed by atoms with E-state index in [9.17, 15) is 53.4 Å². The lowest BCUT2D eigenvalue weighted by Crippen LogP contribution is -2.80. The number of rotatable bonds is 2. The molecular formula is C8H12F6N2O6S2. The summed E-state index contributed by atoms with van der Waals surface area (Å²) >= 11 is 0. The number of β-amino-alcohol motifs (C(OH)–C–C–N with tert-alkyl or cyclic N) is 2. The number of aliphatic hydroxyl groups is 2. The highest BCUT2D eigenvalue weighted by Crippen LogP contribution is 2.46. The van der Waals surface area contributed by atoms with Crippen molar-refractivity contribution < 1.29 is 53.4 Å². The summed E-state index contributed by atoms with van der Waals surface area (Å²) in [6.07, 6.45) is -11.6. The number of nitrogens with zero attached hydrogens (tertiary/aromatic N) is 2. The Morgan fingerprint density at radius 1 is 0.750 bits per heavy atom. The third kappa shape index (κ3) is 3.34. The van der Waals surface area contributed by atoms with Crippen molar-refractivity contribution >= 4 is 20.0 Å². The van der Waals surface area contributed by atoms with E-state index in [0.29, 0.717) is 0 Å². The number of alkyl halides is 6. The van der Waals surface area contributed by atoms with Crippen LogP contribution in [0.5, 0.6) is 0 Å². The fraction of sp³-hybridized carbons (Fsp3) is 1.00. The zero-order valence-corrected chi connectivity index (χ0v) is 13.6. The molecule has 1 saturated heterocycles. The van der Waals surface area contributed by atoms with Gasteiger partial charge in [0, 0.05) is 0 Å². The van der Waals surface area contributed by atoms with E-state index in [1.807, 2.05) is 0 Å². The summed E-state index contributed by atoms with van der Waals surface area (Å²) in [7, 11) is -10.3. The minimum absolute atomic E-state index is 0.0661. The van der Waals surface area contributed by atoms with Gasteiger partial charge in [-0.05, 0) is 0 Å². The summed E-state index contributed by atoms with van der Waals surface area (Å²) < 4.78 is 122. The van der Waals surface area contributed by atoms with Gasteiger partial charge in [-0.2, -0.15) is 35.0 Å². The fourth-order valence-corrected chi connectivity index (χ4v) is 4.31. The van der Waals surface area contributed by atoms with Gasteiger partial charge >= 0.3 is 12.4 Å². The topological polar surface area (TPSA) is 115 Å². The van der Waals surface area contributed by atoms with Crippen molar-refractivity contribution in [2.45, 2.75) is 23.8 Å². The molecule has 8 nitrogen and oxygen atoms in total. The van der Waals surface area contributed by atoms with E-state index in [1.165, 1.54) is 0 Å². The number of sulfonamides is 2. The van der Waals surface area contributed by atoms with Crippen molar-refractivity contribution in [2.75, 3.05) is 25.6 Å². The summed E-state index contributed by atoms with van der Waals surface area (Å²) in [4.78, 5) is 0. The first kappa shape index (κ1) is 21.4. The van der Waals surface area contributed by atoms with Crippen LogP contribution in [0, 0.1) is 0 Å². The molecule has 0 aromatic rings. The maximum atomic E-state index is 13.1. The number of hydrogen-bond acceptors (Lipinski definition) is 6. The lowest BCUT2D eigenvalue weighted by molar-refractivity contribution is -0.368. The van der Waals surface area contributed by atoms with E-state index >= 15 is 0 Å². The molecule has 0 aliphatic carbocycles. The first-order valence-electron chi connectivity index (χ1n) is 5.72. The van der Waals surface area contributed by atoms with Crippen molar-refractivity contribution in [3.63, 3.8) is 0 Å². The Morgan fingerprint density at radius 3 is 1.08 bits per heavy atom. The van der Waals surface area contributed by atoms with Crippen LogP contribution in [0.3, 0.4) is 0 Å². The molecule has 0 radical (unpaired) electrons. The average Bonchev–Trinajstić information content (AvgIpc) is 2.26. The molecule has 144 valence electrons. The highest BCUT2D eigenvalue weighted by Gasteiger charge is 2.73. The fourth-order valence-electron chi connectivity index (χ4n) is 2.07. The Morgan fingerprint density at radius 2 is 0.958 bits per heavy atom. The van der Waals surface area contributed by atoms with Crippen LogP contribution in [0.4, 0.5) is 26.3 Å². The zero-order chi connectivity index (χ0) is 19.6. The maximum absolute atomic E-state index is 13.1. The molecule has 0 bridgehead atoms. The molecule has 1 heterocycles. The average molecular weight is 410 g/mol. The minimum Gasteiger partial charge on any atom is -0.366 e. The van der Waals surface area contributed by atoms with Gasteiger partial charge in [-0.15, -0.1) is 0 Å². The monoisotopic (exact) mass is 410 g/mol. The lowest BCUT2D eigenvalue weighted by Gasteiger charge is -2.52. The Balaban J connectivity index is 3.74. The standard InChI is InChI=1S/C8H12F6N2O6S2/c1-23(19,20)15-3-6(18,8(12,13)14)16(24(2,21)22)4-5(15,17)7(9,10)11/h17-18H,3-4H2,1-2H3/t5-,6-/m0/s1. The highest BCUT2D eigenvalue weighted by atomic mass is 32.2. The molecule has 0 unspecified atom stereocenters. The van der Waals surface area contributed by atoms with Crippen LogP contribution in [-0.4, -0.2) is 85.1 Å². The van der Waals surface area contributed by atoms with E-state index in [4.69, 9.17) is 0 Å². The zero-order valence-electron chi connectivity index (χ0n) is 11.9. The van der Waals surface area contributed by atoms with Crippen LogP contribution in [0.1, 0.15) is 0 Å². The highest BCUT2D eigenvalue weighted by molar-refractivity contribution is 7.88. The smallest absolute Gasteiger partial charge is 0.366 e. The molecular weight excluding hydrogens is 398 g/mol. The largest absolute Gasteiger partial charge is 0.433 e. The molecule has 24 heavy (non-hydrogen) atoms. The summed E-state index contributed by atoms with van der Waals surface area (Å²) in [6, 6.07) is 0. The molecule has 16 heteroatoms. The lowest BCUT2D eigenvalue weighted by atomic mass is 10.1. The van der Waals surface area contributed by atoms with Crippen LogP contribution in [0.15, 0.2) is 0 Å². The first-order valence-corrected chi connectivity index (χ1v) is 9.41. The van der Waals surface area contributed by atoms with Crippen molar-refractivity contribution in [1.29, 1.82) is 0 Å². The second-order valence-corrected chi connectivity index (χ2v) is 8.98. The third-order valence-electron chi connectivity index (χ3n) is 3.26. The Bertz CT molecular complexity index is 656. The predicted molar refractivity (Wildman–Crippen MR) is 65.1 cm³/mol. The Labute approximate surface area is 132 Å². The van der Waals surface area contributed by atoms with Gasteiger partial charge < -0.3 is 10.2 Å². The molecule has 1 fully saturated rings. The first-order chi connectivity index (χ1) is 10.2. The van der Waals surface area contributed by atoms with Gasteiger partial charge in [0.2, 0.25) is 31.5 Å². The Kier molecular flexibility index (Phi) is 4.81. The van der Waals surface area contributed by atoms with Gasteiger partial charge in [-0.3, -0.25) is 0 Å². The molecule has 0 aromatic carbocycles. The summed E-state index contributed by atoms with van der Waals surface area (Å²) in [6.45, 7) is -4.81. The quantitative estimate of drug-likeness (QED) is 0.566. The van der Waals surface area contributed by atoms with Crippen molar-refractivity contribution in [3.05, 3.63) is 0 Å². The van der Waals surface area contributed by atoms with Crippen molar-refractivity contribution in [1.82, 2.24) is 8.61 Å². The number of halogens is 6. The molecule has 0 aromatic heterocycles. The molecule has 0 spiro atoms. The molecule has 1 rings (SSSR count). The second kappa shape index (κ2) is 5.41. The van der Waals surface area contributed by atoms with Gasteiger partial charge in [-0.25, -0.2) is 16.8 Å². The van der Waals surface area contributed by atoms with Crippen LogP contribution in [-0.2, 0) is 20.0 Å². The third-order valence-corrected chi connectivity index (χ3v) is 5.73. The van der Waals surface area contributed by atoms with Crippen LogP contribution in [0.2, 0.25) is 0 Å². The van der Waals surface area contributed by atoms with Gasteiger partial charge in [0.15, 0.2) is 0 Å². The van der Waals surface area contributed by atoms with Gasteiger partial charge in [0.25, 0.3) is 0 Å². The SMILES string of the molecule is CS(=O)(=O)N1C[C@](O)(C(F)(F)F)N(S(C)(=O)=O)C[C@]1(O)C(F)(F)F. The number of piperazine rings is 1.